The molecule has 1 aliphatic heterocycles. The first-order valence-corrected chi connectivity index (χ1v) is 8.65. The Bertz CT molecular complexity index is 565. The Morgan fingerprint density at radius 1 is 1.35 bits per heavy atom. The Morgan fingerprint density at radius 2 is 2.13 bits per heavy atom. The number of carbonyl (C=O) groups is 2. The summed E-state index contributed by atoms with van der Waals surface area (Å²) < 4.78 is 10.5. The number of nitrogens with one attached hydrogen (secondary N) is 2. The molecule has 0 aliphatic carbocycles. The number of benzene rings is 1. The molecule has 0 spiro atoms. The van der Waals surface area contributed by atoms with Crippen molar-refractivity contribution in [3.05, 3.63) is 23.8 Å². The van der Waals surface area contributed by atoms with Crippen molar-refractivity contribution in [2.75, 3.05) is 32.3 Å². The van der Waals surface area contributed by atoms with Crippen molar-refractivity contribution in [2.45, 2.75) is 18.9 Å². The second kappa shape index (κ2) is 8.67. The molecule has 0 bridgehead atoms. The van der Waals surface area contributed by atoms with Gasteiger partial charge in [0.1, 0.15) is 6.04 Å². The highest BCUT2D eigenvalue weighted by Crippen LogP contribution is 2.27. The minimum Gasteiger partial charge on any atom is -0.493 e. The van der Waals surface area contributed by atoms with E-state index in [0.717, 1.165) is 11.3 Å². The lowest BCUT2D eigenvalue weighted by molar-refractivity contribution is -0.128. The summed E-state index contributed by atoms with van der Waals surface area (Å²) in [6, 6.07) is 5.24. The van der Waals surface area contributed by atoms with Crippen LogP contribution >= 0.6 is 11.8 Å². The van der Waals surface area contributed by atoms with E-state index >= 15 is 0 Å². The maximum atomic E-state index is 12.1. The van der Waals surface area contributed by atoms with Gasteiger partial charge in [-0.05, 0) is 24.1 Å². The molecule has 2 rings (SSSR count). The van der Waals surface area contributed by atoms with Crippen LogP contribution in [0.15, 0.2) is 18.2 Å². The first-order chi connectivity index (χ1) is 11.1. The van der Waals surface area contributed by atoms with E-state index in [1.807, 2.05) is 18.2 Å². The van der Waals surface area contributed by atoms with E-state index in [4.69, 9.17) is 9.47 Å². The standard InChI is InChI=1S/C16H22N2O4S/c1-21-13-4-3-11(9-14(13)22-2)5-7-17-16(20)12-10-23-8-6-15(19)18-12/h3-4,9,12H,5-8,10H2,1-2H3,(H,17,20)(H,18,19). The Labute approximate surface area is 140 Å². The molecule has 1 aromatic rings. The van der Waals surface area contributed by atoms with Crippen molar-refractivity contribution in [1.82, 2.24) is 10.6 Å². The van der Waals surface area contributed by atoms with E-state index < -0.39 is 6.04 Å². The molecule has 126 valence electrons. The predicted molar refractivity (Wildman–Crippen MR) is 90.1 cm³/mol. The van der Waals surface area contributed by atoms with Crippen molar-refractivity contribution < 1.29 is 19.1 Å². The molecule has 23 heavy (non-hydrogen) atoms. The number of rotatable bonds is 6. The van der Waals surface area contributed by atoms with Crippen molar-refractivity contribution in [2.24, 2.45) is 0 Å². The van der Waals surface area contributed by atoms with E-state index in [2.05, 4.69) is 10.6 Å². The second-order valence-electron chi connectivity index (χ2n) is 5.18. The van der Waals surface area contributed by atoms with Gasteiger partial charge in [-0.3, -0.25) is 9.59 Å². The zero-order chi connectivity index (χ0) is 16.7. The van der Waals surface area contributed by atoms with E-state index in [1.54, 1.807) is 26.0 Å². The summed E-state index contributed by atoms with van der Waals surface area (Å²) in [5, 5.41) is 5.63. The Morgan fingerprint density at radius 3 is 2.87 bits per heavy atom. The Hall–Kier alpha value is -1.89. The van der Waals surface area contributed by atoms with Crippen LogP contribution in [0.3, 0.4) is 0 Å². The van der Waals surface area contributed by atoms with Crippen LogP contribution in [0.1, 0.15) is 12.0 Å². The molecule has 6 nitrogen and oxygen atoms in total. The number of hydrogen-bond acceptors (Lipinski definition) is 5. The summed E-state index contributed by atoms with van der Waals surface area (Å²) in [5.74, 6) is 2.54. The molecule has 1 fully saturated rings. The van der Waals surface area contributed by atoms with Crippen LogP contribution in [-0.2, 0) is 16.0 Å². The molecule has 2 amide bonds. The van der Waals surface area contributed by atoms with Crippen LogP contribution in [0.4, 0.5) is 0 Å². The van der Waals surface area contributed by atoms with E-state index in [9.17, 15) is 9.59 Å². The van der Waals surface area contributed by atoms with E-state index in [1.165, 1.54) is 0 Å². The number of thioether (sulfide) groups is 1. The fourth-order valence-electron chi connectivity index (χ4n) is 2.30. The second-order valence-corrected chi connectivity index (χ2v) is 6.33. The summed E-state index contributed by atoms with van der Waals surface area (Å²) in [7, 11) is 3.19. The molecule has 0 saturated carbocycles. The fourth-order valence-corrected chi connectivity index (χ4v) is 3.27. The molecular formula is C16H22N2O4S. The van der Waals surface area contributed by atoms with Crippen LogP contribution in [0.25, 0.3) is 0 Å². The number of methoxy groups -OCH3 is 2. The maximum absolute atomic E-state index is 12.1. The van der Waals surface area contributed by atoms with Gasteiger partial charge in [-0.1, -0.05) is 6.07 Å². The molecule has 1 heterocycles. The van der Waals surface area contributed by atoms with Gasteiger partial charge < -0.3 is 20.1 Å². The fraction of sp³-hybridized carbons (Fsp3) is 0.500. The van der Waals surface area contributed by atoms with Crippen molar-refractivity contribution >= 4 is 23.6 Å². The molecule has 1 saturated heterocycles. The average molecular weight is 338 g/mol. The van der Waals surface area contributed by atoms with Crippen LogP contribution < -0.4 is 20.1 Å². The van der Waals surface area contributed by atoms with E-state index in [0.29, 0.717) is 36.6 Å². The van der Waals surface area contributed by atoms with Gasteiger partial charge in [-0.25, -0.2) is 0 Å². The third kappa shape index (κ3) is 5.06. The first kappa shape index (κ1) is 17.5. The highest BCUT2D eigenvalue weighted by Gasteiger charge is 2.22. The lowest BCUT2D eigenvalue weighted by Gasteiger charge is -2.15. The van der Waals surface area contributed by atoms with Crippen LogP contribution in [0, 0.1) is 0 Å². The summed E-state index contributed by atoms with van der Waals surface area (Å²) in [6.45, 7) is 0.505. The van der Waals surface area contributed by atoms with E-state index in [-0.39, 0.29) is 11.8 Å². The van der Waals surface area contributed by atoms with Crippen molar-refractivity contribution in [3.8, 4) is 11.5 Å². The molecule has 1 unspecified atom stereocenters. The van der Waals surface area contributed by atoms with Gasteiger partial charge in [-0.2, -0.15) is 11.8 Å². The molecule has 1 aromatic carbocycles. The number of ether oxygens (including phenoxy) is 2. The highest BCUT2D eigenvalue weighted by molar-refractivity contribution is 7.99. The zero-order valence-corrected chi connectivity index (χ0v) is 14.2. The normalized spacial score (nSPS) is 17.8. The molecule has 2 N–H and O–H groups in total. The topological polar surface area (TPSA) is 76.7 Å². The summed E-state index contributed by atoms with van der Waals surface area (Å²) in [4.78, 5) is 23.6. The average Bonchev–Trinajstić information content (AvgIpc) is 2.79. The van der Waals surface area contributed by atoms with Gasteiger partial charge >= 0.3 is 0 Å². The van der Waals surface area contributed by atoms with Crippen molar-refractivity contribution in [3.63, 3.8) is 0 Å². The zero-order valence-electron chi connectivity index (χ0n) is 13.4. The minimum atomic E-state index is -0.444. The SMILES string of the molecule is COc1ccc(CCNC(=O)C2CSCCC(=O)N2)cc1OC. The highest BCUT2D eigenvalue weighted by atomic mass is 32.2. The quantitative estimate of drug-likeness (QED) is 0.809. The smallest absolute Gasteiger partial charge is 0.243 e. The summed E-state index contributed by atoms with van der Waals surface area (Å²) >= 11 is 1.62. The predicted octanol–water partition coefficient (Wildman–Crippen LogP) is 0.984. The maximum Gasteiger partial charge on any atom is 0.243 e. The third-order valence-electron chi connectivity index (χ3n) is 3.57. The van der Waals surface area contributed by atoms with Gasteiger partial charge in [-0.15, -0.1) is 0 Å². The lowest BCUT2D eigenvalue weighted by Crippen LogP contribution is -2.47. The van der Waals surface area contributed by atoms with Gasteiger partial charge in [0.2, 0.25) is 11.8 Å². The van der Waals surface area contributed by atoms with Gasteiger partial charge in [0.15, 0.2) is 11.5 Å². The largest absolute Gasteiger partial charge is 0.493 e. The van der Waals surface area contributed by atoms with Gasteiger partial charge in [0.05, 0.1) is 14.2 Å². The summed E-state index contributed by atoms with van der Waals surface area (Å²) in [6.07, 6.45) is 1.15. The van der Waals surface area contributed by atoms with Crippen LogP contribution in [-0.4, -0.2) is 50.1 Å². The third-order valence-corrected chi connectivity index (χ3v) is 4.63. The molecule has 0 aromatic heterocycles. The Balaban J connectivity index is 1.84. The summed E-state index contributed by atoms with van der Waals surface area (Å²) in [5.41, 5.74) is 1.04. The molecule has 1 atom stereocenters. The monoisotopic (exact) mass is 338 g/mol. The molecule has 7 heteroatoms. The first-order valence-electron chi connectivity index (χ1n) is 7.49. The van der Waals surface area contributed by atoms with Gasteiger partial charge in [0, 0.05) is 24.5 Å². The van der Waals surface area contributed by atoms with Crippen molar-refractivity contribution in [1.29, 1.82) is 0 Å². The number of hydrogen-bond donors (Lipinski definition) is 2. The lowest BCUT2D eigenvalue weighted by atomic mass is 10.1. The Kier molecular flexibility index (Phi) is 6.58. The molecule has 0 radical (unpaired) electrons. The van der Waals surface area contributed by atoms with Crippen LogP contribution in [0.2, 0.25) is 0 Å². The number of carbonyl (C=O) groups excluding carboxylic acids is 2. The minimum absolute atomic E-state index is 0.0601. The molecular weight excluding hydrogens is 316 g/mol. The van der Waals surface area contributed by atoms with Crippen LogP contribution in [0.5, 0.6) is 11.5 Å². The molecule has 1 aliphatic rings. The van der Waals surface area contributed by atoms with Gasteiger partial charge in [0.25, 0.3) is 0 Å². The number of amides is 2.